The number of aromatic nitrogens is 1. The molecule has 7 nitrogen and oxygen atoms in total. The Kier molecular flexibility index (Phi) is 8.56. The van der Waals surface area contributed by atoms with E-state index in [2.05, 4.69) is 27.3 Å². The van der Waals surface area contributed by atoms with Gasteiger partial charge in [-0.15, -0.1) is 0 Å². The fourth-order valence-electron chi connectivity index (χ4n) is 4.28. The van der Waals surface area contributed by atoms with Gasteiger partial charge >= 0.3 is 6.03 Å². The van der Waals surface area contributed by atoms with Gasteiger partial charge in [-0.3, -0.25) is 0 Å². The second-order valence-corrected chi connectivity index (χ2v) is 9.41. The zero-order chi connectivity index (χ0) is 23.1. The lowest BCUT2D eigenvalue weighted by molar-refractivity contribution is 0.186. The minimum Gasteiger partial charge on any atom is -0.340 e. The number of nitrogens with one attached hydrogen (secondary N) is 1. The molecule has 0 spiro atoms. The van der Waals surface area contributed by atoms with Crippen LogP contribution in [0.1, 0.15) is 51.5 Å². The normalized spacial score (nSPS) is 14.7. The Morgan fingerprint density at radius 3 is 2.41 bits per heavy atom. The number of hydrogen-bond donors (Lipinski definition) is 1. The van der Waals surface area contributed by atoms with Gasteiger partial charge in [0.2, 0.25) is 5.88 Å². The standard InChI is InChI=1S/C25H39N5O2/c1-19(2)26-25(31)30(17-16-28(3)4)18-22-23(20-12-8-6-9-13-20)27-32-24(22)29(5)21-14-10-7-11-15-21/h6,8-9,12-13,19,21H,7,10-11,14-18H2,1-5H3,(H,26,31). The van der Waals surface area contributed by atoms with E-state index in [1.165, 1.54) is 19.3 Å². The van der Waals surface area contributed by atoms with Crippen molar-refractivity contribution in [3.63, 3.8) is 0 Å². The average Bonchev–Trinajstić information content (AvgIpc) is 3.20. The third-order valence-electron chi connectivity index (χ3n) is 6.12. The molecular weight excluding hydrogens is 402 g/mol. The first-order chi connectivity index (χ1) is 15.4. The Morgan fingerprint density at radius 2 is 1.78 bits per heavy atom. The number of carbonyl (C=O) groups is 1. The average molecular weight is 442 g/mol. The Bertz CT molecular complexity index is 843. The van der Waals surface area contributed by atoms with Crippen LogP contribution in [0.4, 0.5) is 10.7 Å². The molecule has 1 aliphatic rings. The molecule has 176 valence electrons. The lowest BCUT2D eigenvalue weighted by atomic mass is 9.94. The van der Waals surface area contributed by atoms with E-state index >= 15 is 0 Å². The maximum atomic E-state index is 13.1. The number of anilines is 1. The summed E-state index contributed by atoms with van der Waals surface area (Å²) in [6.07, 6.45) is 6.12. The number of rotatable bonds is 9. The van der Waals surface area contributed by atoms with E-state index in [9.17, 15) is 4.79 Å². The summed E-state index contributed by atoms with van der Waals surface area (Å²) in [7, 11) is 6.15. The van der Waals surface area contributed by atoms with Gasteiger partial charge in [-0.05, 0) is 40.8 Å². The van der Waals surface area contributed by atoms with E-state index in [-0.39, 0.29) is 12.1 Å². The Labute approximate surface area is 192 Å². The molecule has 3 rings (SSSR count). The first kappa shape index (κ1) is 24.1. The van der Waals surface area contributed by atoms with Crippen LogP contribution < -0.4 is 10.2 Å². The van der Waals surface area contributed by atoms with Crippen molar-refractivity contribution in [3.05, 3.63) is 35.9 Å². The second-order valence-electron chi connectivity index (χ2n) is 9.41. The van der Waals surface area contributed by atoms with Crippen LogP contribution in [0.3, 0.4) is 0 Å². The fraction of sp³-hybridized carbons (Fsp3) is 0.600. The van der Waals surface area contributed by atoms with Crippen LogP contribution in [0.25, 0.3) is 11.3 Å². The number of carbonyl (C=O) groups excluding carboxylic acids is 1. The Balaban J connectivity index is 1.95. The van der Waals surface area contributed by atoms with Crippen LogP contribution in [-0.4, -0.2) is 67.3 Å². The molecule has 1 fully saturated rings. The maximum absolute atomic E-state index is 13.1. The zero-order valence-electron chi connectivity index (χ0n) is 20.3. The van der Waals surface area contributed by atoms with Crippen molar-refractivity contribution in [1.82, 2.24) is 20.3 Å². The Hall–Kier alpha value is -2.54. The summed E-state index contributed by atoms with van der Waals surface area (Å²) in [5, 5.41) is 7.54. The largest absolute Gasteiger partial charge is 0.340 e. The first-order valence-corrected chi connectivity index (χ1v) is 11.8. The van der Waals surface area contributed by atoms with E-state index in [1.807, 2.05) is 63.2 Å². The number of likely N-dealkylation sites (N-methyl/N-ethyl adjacent to an activating group) is 1. The molecule has 7 heteroatoms. The van der Waals surface area contributed by atoms with Gasteiger partial charge in [-0.25, -0.2) is 4.79 Å². The quantitative estimate of drug-likeness (QED) is 0.616. The van der Waals surface area contributed by atoms with Gasteiger partial charge in [-0.2, -0.15) is 0 Å². The molecule has 2 aromatic rings. The smallest absolute Gasteiger partial charge is 0.317 e. The lowest BCUT2D eigenvalue weighted by Crippen LogP contribution is -2.45. The second kappa shape index (κ2) is 11.4. The Morgan fingerprint density at radius 1 is 1.09 bits per heavy atom. The van der Waals surface area contributed by atoms with Crippen molar-refractivity contribution < 1.29 is 9.32 Å². The molecule has 1 N–H and O–H groups in total. The summed E-state index contributed by atoms with van der Waals surface area (Å²) in [6.45, 7) is 5.83. The molecule has 1 aliphatic carbocycles. The first-order valence-electron chi connectivity index (χ1n) is 11.8. The number of urea groups is 1. The molecule has 0 unspecified atom stereocenters. The van der Waals surface area contributed by atoms with Crippen LogP contribution in [0, 0.1) is 0 Å². The third kappa shape index (κ3) is 6.25. The van der Waals surface area contributed by atoms with Crippen molar-refractivity contribution in [3.8, 4) is 11.3 Å². The molecule has 0 bridgehead atoms. The highest BCUT2D eigenvalue weighted by molar-refractivity contribution is 5.76. The van der Waals surface area contributed by atoms with E-state index in [1.54, 1.807) is 0 Å². The molecule has 0 aliphatic heterocycles. The van der Waals surface area contributed by atoms with Crippen molar-refractivity contribution in [2.24, 2.45) is 0 Å². The van der Waals surface area contributed by atoms with Crippen LogP contribution in [-0.2, 0) is 6.54 Å². The van der Waals surface area contributed by atoms with E-state index in [4.69, 9.17) is 4.52 Å². The van der Waals surface area contributed by atoms with Gasteiger partial charge in [0, 0.05) is 37.8 Å². The summed E-state index contributed by atoms with van der Waals surface area (Å²) in [4.78, 5) is 19.3. The van der Waals surface area contributed by atoms with Crippen LogP contribution in [0.5, 0.6) is 0 Å². The van der Waals surface area contributed by atoms with Gasteiger partial charge in [0.05, 0.1) is 12.1 Å². The molecule has 1 aromatic carbocycles. The molecule has 32 heavy (non-hydrogen) atoms. The van der Waals surface area contributed by atoms with Gasteiger partial charge < -0.3 is 24.5 Å². The summed E-state index contributed by atoms with van der Waals surface area (Å²) >= 11 is 0. The van der Waals surface area contributed by atoms with Crippen molar-refractivity contribution in [1.29, 1.82) is 0 Å². The fourth-order valence-corrected chi connectivity index (χ4v) is 4.28. The van der Waals surface area contributed by atoms with Crippen LogP contribution >= 0.6 is 0 Å². The predicted molar refractivity (Wildman–Crippen MR) is 130 cm³/mol. The number of nitrogens with zero attached hydrogens (tertiary/aromatic N) is 4. The molecule has 0 atom stereocenters. The summed E-state index contributed by atoms with van der Waals surface area (Å²) in [6, 6.07) is 10.6. The molecule has 0 radical (unpaired) electrons. The van der Waals surface area contributed by atoms with E-state index in [0.717, 1.165) is 42.1 Å². The molecule has 1 saturated carbocycles. The number of benzene rings is 1. The molecule has 0 saturated heterocycles. The highest BCUT2D eigenvalue weighted by Crippen LogP contribution is 2.35. The summed E-state index contributed by atoms with van der Waals surface area (Å²) in [5.41, 5.74) is 2.80. The summed E-state index contributed by atoms with van der Waals surface area (Å²) in [5.74, 6) is 0.781. The lowest BCUT2D eigenvalue weighted by Gasteiger charge is -2.32. The van der Waals surface area contributed by atoms with Crippen LogP contribution in [0.15, 0.2) is 34.9 Å². The van der Waals surface area contributed by atoms with Gasteiger partial charge in [-0.1, -0.05) is 54.8 Å². The minimum absolute atomic E-state index is 0.0617. The molecule has 1 aromatic heterocycles. The highest BCUT2D eigenvalue weighted by atomic mass is 16.5. The van der Waals surface area contributed by atoms with Gasteiger partial charge in [0.15, 0.2) is 0 Å². The molecular formula is C25H39N5O2. The van der Waals surface area contributed by atoms with Crippen molar-refractivity contribution >= 4 is 11.9 Å². The monoisotopic (exact) mass is 441 g/mol. The highest BCUT2D eigenvalue weighted by Gasteiger charge is 2.28. The number of amides is 2. The zero-order valence-corrected chi connectivity index (χ0v) is 20.3. The minimum atomic E-state index is -0.0617. The predicted octanol–water partition coefficient (Wildman–Crippen LogP) is 4.59. The third-order valence-corrected chi connectivity index (χ3v) is 6.12. The van der Waals surface area contributed by atoms with E-state index < -0.39 is 0 Å². The van der Waals surface area contributed by atoms with Crippen molar-refractivity contribution in [2.45, 2.75) is 64.6 Å². The number of hydrogen-bond acceptors (Lipinski definition) is 5. The maximum Gasteiger partial charge on any atom is 0.317 e. The summed E-state index contributed by atoms with van der Waals surface area (Å²) < 4.78 is 5.96. The van der Waals surface area contributed by atoms with Crippen LogP contribution in [0.2, 0.25) is 0 Å². The molecule has 2 amide bonds. The molecule has 1 heterocycles. The topological polar surface area (TPSA) is 64.9 Å². The van der Waals surface area contributed by atoms with Gasteiger partial charge in [0.1, 0.15) is 5.69 Å². The van der Waals surface area contributed by atoms with Gasteiger partial charge in [0.25, 0.3) is 0 Å². The van der Waals surface area contributed by atoms with E-state index in [0.29, 0.717) is 19.1 Å². The van der Waals surface area contributed by atoms with Crippen molar-refractivity contribution in [2.75, 3.05) is 39.1 Å². The SMILES string of the molecule is CC(C)NC(=O)N(CCN(C)C)Cc1c(-c2ccccc2)noc1N(C)C1CCCCC1.